The lowest BCUT2D eigenvalue weighted by atomic mass is 10.1. The highest BCUT2D eigenvalue weighted by Gasteiger charge is 2.10. The molecule has 0 fully saturated rings. The van der Waals surface area contributed by atoms with Crippen molar-refractivity contribution in [2.75, 3.05) is 7.11 Å². The summed E-state index contributed by atoms with van der Waals surface area (Å²) in [5.74, 6) is 0.471. The molecule has 0 spiro atoms. The number of methoxy groups -OCH3 is 1. The Kier molecular flexibility index (Phi) is 4.95. The van der Waals surface area contributed by atoms with Crippen molar-refractivity contribution in [1.82, 2.24) is 5.32 Å². The van der Waals surface area contributed by atoms with E-state index in [-0.39, 0.29) is 6.04 Å². The highest BCUT2D eigenvalue weighted by molar-refractivity contribution is 5.92. The lowest BCUT2D eigenvalue weighted by Gasteiger charge is -2.17. The van der Waals surface area contributed by atoms with Crippen molar-refractivity contribution in [1.29, 1.82) is 0 Å². The van der Waals surface area contributed by atoms with E-state index >= 15 is 0 Å². The van der Waals surface area contributed by atoms with E-state index in [9.17, 15) is 4.79 Å². The van der Waals surface area contributed by atoms with Crippen LogP contribution >= 0.6 is 0 Å². The maximum atomic E-state index is 11.0. The van der Waals surface area contributed by atoms with E-state index in [4.69, 9.17) is 10.5 Å². The van der Waals surface area contributed by atoms with Gasteiger partial charge in [0.25, 0.3) is 0 Å². The van der Waals surface area contributed by atoms with Crippen LogP contribution in [0.3, 0.4) is 0 Å². The number of ether oxygens (including phenoxy) is 1. The van der Waals surface area contributed by atoms with Crippen LogP contribution in [0.25, 0.3) is 0 Å². The molecule has 0 bridgehead atoms. The molecule has 0 aliphatic carbocycles. The highest BCUT2D eigenvalue weighted by Crippen LogP contribution is 2.24. The molecule has 1 amide bonds. The van der Waals surface area contributed by atoms with Crippen LogP contribution in [0.4, 0.5) is 0 Å². The number of hydrogen-bond acceptors (Lipinski definition) is 3. The lowest BCUT2D eigenvalue weighted by molar-refractivity contribution is 0.100. The molecule has 0 heterocycles. The van der Waals surface area contributed by atoms with Crippen LogP contribution in [-0.2, 0) is 6.54 Å². The first-order valence-electron chi connectivity index (χ1n) is 6.87. The normalized spacial score (nSPS) is 11.9. The Labute approximate surface area is 124 Å². The van der Waals surface area contributed by atoms with Gasteiger partial charge in [0.05, 0.1) is 7.11 Å². The number of carbonyl (C=O) groups excluding carboxylic acids is 1. The second kappa shape index (κ2) is 6.90. The number of carbonyl (C=O) groups is 1. The number of para-hydroxylation sites is 1. The van der Waals surface area contributed by atoms with Gasteiger partial charge in [0, 0.05) is 23.7 Å². The van der Waals surface area contributed by atoms with Crippen molar-refractivity contribution in [2.24, 2.45) is 5.73 Å². The molecule has 0 aromatic heterocycles. The second-order valence-corrected chi connectivity index (χ2v) is 4.91. The molecule has 4 heteroatoms. The number of benzene rings is 2. The number of nitrogens with two attached hydrogens (primary N) is 1. The van der Waals surface area contributed by atoms with Crippen molar-refractivity contribution >= 4 is 5.91 Å². The van der Waals surface area contributed by atoms with Crippen LogP contribution in [-0.4, -0.2) is 13.0 Å². The van der Waals surface area contributed by atoms with Crippen LogP contribution in [0, 0.1) is 0 Å². The Morgan fingerprint density at radius 2 is 1.86 bits per heavy atom. The summed E-state index contributed by atoms with van der Waals surface area (Å²) in [6.07, 6.45) is 0. The van der Waals surface area contributed by atoms with Gasteiger partial charge < -0.3 is 15.8 Å². The van der Waals surface area contributed by atoms with Gasteiger partial charge in [0.15, 0.2) is 0 Å². The van der Waals surface area contributed by atoms with Crippen LogP contribution in [0.2, 0.25) is 0 Å². The lowest BCUT2D eigenvalue weighted by Crippen LogP contribution is -2.19. The molecular weight excluding hydrogens is 264 g/mol. The van der Waals surface area contributed by atoms with E-state index in [0.717, 1.165) is 16.9 Å². The summed E-state index contributed by atoms with van der Waals surface area (Å²) >= 11 is 0. The first-order valence-corrected chi connectivity index (χ1v) is 6.87. The number of hydrogen-bond donors (Lipinski definition) is 2. The minimum atomic E-state index is -0.406. The molecule has 2 rings (SSSR count). The van der Waals surface area contributed by atoms with Gasteiger partial charge in [-0.3, -0.25) is 4.79 Å². The first-order chi connectivity index (χ1) is 10.1. The molecule has 21 heavy (non-hydrogen) atoms. The molecule has 0 saturated carbocycles. The van der Waals surface area contributed by atoms with Crippen LogP contribution in [0.15, 0.2) is 48.5 Å². The Hall–Kier alpha value is -2.33. The number of primary amides is 1. The summed E-state index contributed by atoms with van der Waals surface area (Å²) < 4.78 is 5.37. The van der Waals surface area contributed by atoms with Crippen LogP contribution in [0.1, 0.15) is 34.5 Å². The van der Waals surface area contributed by atoms with Crippen molar-refractivity contribution in [3.05, 3.63) is 65.2 Å². The molecule has 2 aromatic carbocycles. The fourth-order valence-electron chi connectivity index (χ4n) is 2.19. The zero-order chi connectivity index (χ0) is 15.2. The standard InChI is InChI=1S/C17H20N2O2/c1-12(15-5-3-4-6-16(15)21-2)19-11-13-7-9-14(10-8-13)17(18)20/h3-10,12,19H,11H2,1-2H3,(H2,18,20). The predicted octanol–water partition coefficient (Wildman–Crippen LogP) is 2.64. The minimum Gasteiger partial charge on any atom is -0.496 e. The van der Waals surface area contributed by atoms with E-state index in [2.05, 4.69) is 12.2 Å². The third-order valence-corrected chi connectivity index (χ3v) is 3.46. The average molecular weight is 284 g/mol. The topological polar surface area (TPSA) is 64.3 Å². The van der Waals surface area contributed by atoms with Gasteiger partial charge in [-0.2, -0.15) is 0 Å². The maximum absolute atomic E-state index is 11.0. The zero-order valence-corrected chi connectivity index (χ0v) is 12.3. The second-order valence-electron chi connectivity index (χ2n) is 4.91. The largest absolute Gasteiger partial charge is 0.496 e. The molecule has 0 radical (unpaired) electrons. The van der Waals surface area contributed by atoms with E-state index in [1.807, 2.05) is 36.4 Å². The highest BCUT2D eigenvalue weighted by atomic mass is 16.5. The molecule has 0 aliphatic heterocycles. The molecule has 110 valence electrons. The molecule has 1 atom stereocenters. The van der Waals surface area contributed by atoms with Gasteiger partial charge in [-0.15, -0.1) is 0 Å². The van der Waals surface area contributed by atoms with E-state index in [0.29, 0.717) is 12.1 Å². The molecule has 2 aromatic rings. The van der Waals surface area contributed by atoms with Crippen molar-refractivity contribution in [2.45, 2.75) is 19.5 Å². The summed E-state index contributed by atoms with van der Waals surface area (Å²) in [6, 6.07) is 15.4. The molecule has 0 saturated heterocycles. The Balaban J connectivity index is 2.00. The smallest absolute Gasteiger partial charge is 0.248 e. The van der Waals surface area contributed by atoms with Crippen molar-refractivity contribution in [3.63, 3.8) is 0 Å². The monoisotopic (exact) mass is 284 g/mol. The predicted molar refractivity (Wildman–Crippen MR) is 83.2 cm³/mol. The van der Waals surface area contributed by atoms with Gasteiger partial charge >= 0.3 is 0 Å². The van der Waals surface area contributed by atoms with E-state index in [1.165, 1.54) is 0 Å². The average Bonchev–Trinajstić information content (AvgIpc) is 2.52. The molecular formula is C17H20N2O2. The van der Waals surface area contributed by atoms with E-state index in [1.54, 1.807) is 19.2 Å². The molecule has 0 aliphatic rings. The first kappa shape index (κ1) is 15.1. The van der Waals surface area contributed by atoms with Gasteiger partial charge in [0.1, 0.15) is 5.75 Å². The summed E-state index contributed by atoms with van der Waals surface area (Å²) in [7, 11) is 1.67. The molecule has 1 unspecified atom stereocenters. The molecule has 4 nitrogen and oxygen atoms in total. The Morgan fingerprint density at radius 1 is 1.19 bits per heavy atom. The van der Waals surface area contributed by atoms with Gasteiger partial charge in [-0.1, -0.05) is 30.3 Å². The summed E-state index contributed by atoms with van der Waals surface area (Å²) in [5, 5.41) is 3.44. The van der Waals surface area contributed by atoms with Crippen LogP contribution in [0.5, 0.6) is 5.75 Å². The van der Waals surface area contributed by atoms with Crippen LogP contribution < -0.4 is 15.8 Å². The quantitative estimate of drug-likeness (QED) is 0.857. The van der Waals surface area contributed by atoms with E-state index < -0.39 is 5.91 Å². The number of amides is 1. The van der Waals surface area contributed by atoms with Gasteiger partial charge in [-0.05, 0) is 30.7 Å². The zero-order valence-electron chi connectivity index (χ0n) is 12.3. The maximum Gasteiger partial charge on any atom is 0.248 e. The minimum absolute atomic E-state index is 0.164. The van der Waals surface area contributed by atoms with Gasteiger partial charge in [-0.25, -0.2) is 0 Å². The van der Waals surface area contributed by atoms with Gasteiger partial charge in [0.2, 0.25) is 5.91 Å². The Bertz CT molecular complexity index is 608. The molecule has 3 N–H and O–H groups in total. The Morgan fingerprint density at radius 3 is 2.48 bits per heavy atom. The number of nitrogens with one attached hydrogen (secondary N) is 1. The summed E-state index contributed by atoms with van der Waals surface area (Å²) in [5.41, 5.74) is 7.97. The summed E-state index contributed by atoms with van der Waals surface area (Å²) in [6.45, 7) is 2.80. The fourth-order valence-corrected chi connectivity index (χ4v) is 2.19. The number of rotatable bonds is 6. The SMILES string of the molecule is COc1ccccc1C(C)NCc1ccc(C(N)=O)cc1. The van der Waals surface area contributed by atoms with Crippen molar-refractivity contribution in [3.8, 4) is 5.75 Å². The fraction of sp³-hybridized carbons (Fsp3) is 0.235. The third-order valence-electron chi connectivity index (χ3n) is 3.46. The third kappa shape index (κ3) is 3.83. The summed E-state index contributed by atoms with van der Waals surface area (Å²) in [4.78, 5) is 11.0. The van der Waals surface area contributed by atoms with Crippen molar-refractivity contribution < 1.29 is 9.53 Å².